The predicted molar refractivity (Wildman–Crippen MR) is 138 cm³/mol. The number of amides is 2. The molecule has 3 aromatic carbocycles. The van der Waals surface area contributed by atoms with Crippen LogP contribution < -0.4 is 10.6 Å². The van der Waals surface area contributed by atoms with E-state index in [4.69, 9.17) is 10.5 Å². The van der Waals surface area contributed by atoms with Crippen LogP contribution >= 0.6 is 0 Å². The van der Waals surface area contributed by atoms with E-state index in [0.29, 0.717) is 25.2 Å². The van der Waals surface area contributed by atoms with Gasteiger partial charge in [-0.3, -0.25) is 4.79 Å². The molecule has 0 spiro atoms. The summed E-state index contributed by atoms with van der Waals surface area (Å²) < 4.78 is 4.86. The van der Waals surface area contributed by atoms with Crippen molar-refractivity contribution in [2.45, 2.75) is 19.6 Å². The maximum atomic E-state index is 12.9. The third kappa shape index (κ3) is 4.70. The first-order valence-corrected chi connectivity index (χ1v) is 11.9. The van der Waals surface area contributed by atoms with Gasteiger partial charge < -0.3 is 20.3 Å². The van der Waals surface area contributed by atoms with Crippen molar-refractivity contribution in [3.8, 4) is 11.3 Å². The summed E-state index contributed by atoms with van der Waals surface area (Å²) in [5.41, 5.74) is 8.30. The van der Waals surface area contributed by atoms with E-state index in [2.05, 4.69) is 28.1 Å². The lowest BCUT2D eigenvalue weighted by molar-refractivity contribution is 0.0726. The van der Waals surface area contributed by atoms with Crippen molar-refractivity contribution >= 4 is 28.6 Å². The SMILES string of the molecule is C[C@@H]1CN(C(=O)c2ccccc2)CCN1c1nnc(-c2ccc(COC(N)=O)cc2)c2ccccc12. The van der Waals surface area contributed by atoms with Crippen LogP contribution in [0.5, 0.6) is 0 Å². The molecule has 1 aromatic heterocycles. The normalized spacial score (nSPS) is 15.6. The first kappa shape index (κ1) is 23.3. The smallest absolute Gasteiger partial charge is 0.404 e. The third-order valence-corrected chi connectivity index (χ3v) is 6.48. The zero-order chi connectivity index (χ0) is 25.1. The molecular formula is C28H27N5O3. The zero-order valence-corrected chi connectivity index (χ0v) is 20.0. The van der Waals surface area contributed by atoms with Gasteiger partial charge in [0.05, 0.1) is 0 Å². The summed E-state index contributed by atoms with van der Waals surface area (Å²) in [6, 6.07) is 25.2. The number of hydrogen-bond donors (Lipinski definition) is 1. The number of carbonyl (C=O) groups excluding carboxylic acids is 2. The molecule has 5 rings (SSSR count). The lowest BCUT2D eigenvalue weighted by Gasteiger charge is -2.40. The summed E-state index contributed by atoms with van der Waals surface area (Å²) >= 11 is 0. The highest BCUT2D eigenvalue weighted by Gasteiger charge is 2.29. The molecule has 0 aliphatic carbocycles. The van der Waals surface area contributed by atoms with E-state index in [0.717, 1.165) is 33.4 Å². The second-order valence-corrected chi connectivity index (χ2v) is 8.88. The molecule has 8 heteroatoms. The Bertz CT molecular complexity index is 1390. The summed E-state index contributed by atoms with van der Waals surface area (Å²) in [5.74, 6) is 0.873. The maximum absolute atomic E-state index is 12.9. The number of piperazine rings is 1. The molecule has 2 heterocycles. The highest BCUT2D eigenvalue weighted by molar-refractivity contribution is 6.00. The van der Waals surface area contributed by atoms with Crippen molar-refractivity contribution in [1.29, 1.82) is 0 Å². The third-order valence-electron chi connectivity index (χ3n) is 6.48. The molecule has 0 unspecified atom stereocenters. The van der Waals surface area contributed by atoms with Crippen LogP contribution in [0.1, 0.15) is 22.8 Å². The standard InChI is InChI=1S/C28H27N5O3/c1-19-17-32(27(34)22-7-3-2-4-8-22)15-16-33(19)26-24-10-6-5-9-23(24)25(30-31-26)21-13-11-20(12-14-21)18-36-28(29)35/h2-14,19H,15-18H2,1H3,(H2,29,35)/t19-/m1/s1. The minimum absolute atomic E-state index is 0.0538. The van der Waals surface area contributed by atoms with E-state index < -0.39 is 6.09 Å². The van der Waals surface area contributed by atoms with Gasteiger partial charge >= 0.3 is 6.09 Å². The average molecular weight is 482 g/mol. The van der Waals surface area contributed by atoms with Crippen LogP contribution in [0.3, 0.4) is 0 Å². The van der Waals surface area contributed by atoms with Crippen LogP contribution in [0.15, 0.2) is 78.9 Å². The molecular weight excluding hydrogens is 454 g/mol. The average Bonchev–Trinajstić information content (AvgIpc) is 2.92. The summed E-state index contributed by atoms with van der Waals surface area (Å²) in [6.07, 6.45) is -0.800. The fourth-order valence-electron chi connectivity index (χ4n) is 4.65. The monoisotopic (exact) mass is 481 g/mol. The molecule has 36 heavy (non-hydrogen) atoms. The number of nitrogens with zero attached hydrogens (tertiary/aromatic N) is 4. The van der Waals surface area contributed by atoms with Crippen LogP contribution in [0.2, 0.25) is 0 Å². The molecule has 1 saturated heterocycles. The van der Waals surface area contributed by atoms with Crippen LogP contribution in [-0.4, -0.2) is 52.8 Å². The number of aromatic nitrogens is 2. The summed E-state index contributed by atoms with van der Waals surface area (Å²) in [6.45, 7) is 4.14. The second kappa shape index (κ2) is 10.0. The molecule has 8 nitrogen and oxygen atoms in total. The Morgan fingerprint density at radius 1 is 0.917 bits per heavy atom. The number of carbonyl (C=O) groups is 2. The number of rotatable bonds is 5. The summed E-state index contributed by atoms with van der Waals surface area (Å²) in [7, 11) is 0. The Balaban J connectivity index is 1.39. The fourth-order valence-corrected chi connectivity index (χ4v) is 4.65. The largest absolute Gasteiger partial charge is 0.445 e. The molecule has 1 atom stereocenters. The molecule has 4 aromatic rings. The fraction of sp³-hybridized carbons (Fsp3) is 0.214. The zero-order valence-electron chi connectivity index (χ0n) is 20.0. The number of primary amides is 1. The van der Waals surface area contributed by atoms with E-state index in [9.17, 15) is 9.59 Å². The quantitative estimate of drug-likeness (QED) is 0.457. The predicted octanol–water partition coefficient (Wildman–Crippen LogP) is 4.24. The van der Waals surface area contributed by atoms with Crippen molar-refractivity contribution < 1.29 is 14.3 Å². The van der Waals surface area contributed by atoms with Gasteiger partial charge in [-0.05, 0) is 24.6 Å². The van der Waals surface area contributed by atoms with Gasteiger partial charge in [0.25, 0.3) is 5.91 Å². The van der Waals surface area contributed by atoms with Crippen LogP contribution in [-0.2, 0) is 11.3 Å². The highest BCUT2D eigenvalue weighted by Crippen LogP contribution is 2.33. The van der Waals surface area contributed by atoms with Crippen molar-refractivity contribution in [1.82, 2.24) is 15.1 Å². The molecule has 182 valence electrons. The Hall–Kier alpha value is -4.46. The number of benzene rings is 3. The first-order valence-electron chi connectivity index (χ1n) is 11.9. The van der Waals surface area contributed by atoms with Gasteiger partial charge in [0.15, 0.2) is 5.82 Å². The molecule has 2 N–H and O–H groups in total. The lowest BCUT2D eigenvalue weighted by Crippen LogP contribution is -2.54. The van der Waals surface area contributed by atoms with Gasteiger partial charge in [-0.1, -0.05) is 66.7 Å². The van der Waals surface area contributed by atoms with E-state index in [1.54, 1.807) is 0 Å². The number of anilines is 1. The first-order chi connectivity index (χ1) is 17.5. The number of ether oxygens (including phenoxy) is 1. The van der Waals surface area contributed by atoms with Gasteiger partial charge in [0, 0.05) is 47.6 Å². The minimum atomic E-state index is -0.800. The van der Waals surface area contributed by atoms with Gasteiger partial charge in [-0.15, -0.1) is 10.2 Å². The van der Waals surface area contributed by atoms with Crippen LogP contribution in [0, 0.1) is 0 Å². The van der Waals surface area contributed by atoms with Crippen LogP contribution in [0.25, 0.3) is 22.0 Å². The Morgan fingerprint density at radius 3 is 2.31 bits per heavy atom. The highest BCUT2D eigenvalue weighted by atomic mass is 16.5. The van der Waals surface area contributed by atoms with Crippen molar-refractivity contribution in [3.05, 3.63) is 90.0 Å². The molecule has 0 saturated carbocycles. The minimum Gasteiger partial charge on any atom is -0.445 e. The van der Waals surface area contributed by atoms with Gasteiger partial charge in [-0.25, -0.2) is 4.79 Å². The van der Waals surface area contributed by atoms with Gasteiger partial charge in [0.1, 0.15) is 12.3 Å². The van der Waals surface area contributed by atoms with E-state index in [1.807, 2.05) is 77.7 Å². The number of nitrogens with two attached hydrogens (primary N) is 1. The Kier molecular flexibility index (Phi) is 6.49. The van der Waals surface area contributed by atoms with Gasteiger partial charge in [-0.2, -0.15) is 0 Å². The van der Waals surface area contributed by atoms with Crippen LogP contribution in [0.4, 0.5) is 10.6 Å². The summed E-state index contributed by atoms with van der Waals surface area (Å²) in [5, 5.41) is 11.3. The Morgan fingerprint density at radius 2 is 1.61 bits per heavy atom. The molecule has 1 aliphatic heterocycles. The maximum Gasteiger partial charge on any atom is 0.404 e. The molecule has 2 amide bonds. The number of hydrogen-bond acceptors (Lipinski definition) is 6. The molecule has 0 radical (unpaired) electrons. The van der Waals surface area contributed by atoms with E-state index >= 15 is 0 Å². The second-order valence-electron chi connectivity index (χ2n) is 8.88. The van der Waals surface area contributed by atoms with Crippen molar-refractivity contribution in [3.63, 3.8) is 0 Å². The van der Waals surface area contributed by atoms with Crippen molar-refractivity contribution in [2.24, 2.45) is 5.73 Å². The Labute approximate surface area is 209 Å². The van der Waals surface area contributed by atoms with Crippen molar-refractivity contribution in [2.75, 3.05) is 24.5 Å². The van der Waals surface area contributed by atoms with E-state index in [1.165, 1.54) is 0 Å². The molecule has 0 bridgehead atoms. The number of fused-ring (bicyclic) bond motifs is 1. The molecule has 1 fully saturated rings. The molecule has 1 aliphatic rings. The lowest BCUT2D eigenvalue weighted by atomic mass is 10.0. The van der Waals surface area contributed by atoms with Gasteiger partial charge in [0.2, 0.25) is 0 Å². The topological polar surface area (TPSA) is 102 Å². The summed E-state index contributed by atoms with van der Waals surface area (Å²) in [4.78, 5) is 28.0. The van der Waals surface area contributed by atoms with E-state index in [-0.39, 0.29) is 18.6 Å².